The van der Waals surface area contributed by atoms with Crippen LogP contribution in [-0.4, -0.2) is 45.9 Å². The van der Waals surface area contributed by atoms with Gasteiger partial charge >= 0.3 is 12.4 Å². The zero-order valence-electron chi connectivity index (χ0n) is 18.4. The fourth-order valence-corrected chi connectivity index (χ4v) is 8.81. The van der Waals surface area contributed by atoms with E-state index in [0.717, 1.165) is 17.0 Å². The van der Waals surface area contributed by atoms with E-state index in [1.54, 1.807) is 0 Å². The molecular formula is C21H18F6N2O4S2. The van der Waals surface area contributed by atoms with Crippen LogP contribution in [-0.2, 0) is 36.5 Å². The molecule has 1 amide bonds. The number of hydrogen-bond acceptors (Lipinski definition) is 5. The maximum atomic E-state index is 14.1. The molecule has 0 saturated carbocycles. The molecule has 0 aliphatic carbocycles. The summed E-state index contributed by atoms with van der Waals surface area (Å²) in [5.41, 5.74) is -2.39. The van der Waals surface area contributed by atoms with Crippen LogP contribution < -0.4 is 4.90 Å². The van der Waals surface area contributed by atoms with E-state index < -0.39 is 70.1 Å². The normalized spacial score (nSPS) is 24.4. The largest absolute Gasteiger partial charge is 0.417 e. The molecule has 1 unspecified atom stereocenters. The quantitative estimate of drug-likeness (QED) is 0.437. The highest BCUT2D eigenvalue weighted by Gasteiger charge is 2.62. The average Bonchev–Trinajstić information content (AvgIpc) is 3.07. The van der Waals surface area contributed by atoms with Crippen molar-refractivity contribution >= 4 is 35.9 Å². The lowest BCUT2D eigenvalue weighted by Gasteiger charge is -2.45. The Balaban J connectivity index is 1.90. The van der Waals surface area contributed by atoms with Crippen LogP contribution in [0.3, 0.4) is 0 Å². The lowest BCUT2D eigenvalue weighted by Crippen LogP contribution is -2.57. The van der Waals surface area contributed by atoms with Gasteiger partial charge in [0.2, 0.25) is 0 Å². The molecule has 3 heterocycles. The number of alkyl halides is 6. The molecule has 2 aliphatic rings. The third-order valence-electron chi connectivity index (χ3n) is 6.34. The molecule has 2 atom stereocenters. The molecule has 6 nitrogen and oxygen atoms in total. The van der Waals surface area contributed by atoms with Gasteiger partial charge in [-0.25, -0.2) is 13.4 Å². The third-order valence-corrected chi connectivity index (χ3v) is 11.2. The predicted molar refractivity (Wildman–Crippen MR) is 115 cm³/mol. The van der Waals surface area contributed by atoms with Crippen LogP contribution in [0.25, 0.3) is 0 Å². The number of nitrogens with zero attached hydrogens (tertiary/aromatic N) is 2. The van der Waals surface area contributed by atoms with E-state index in [2.05, 4.69) is 4.98 Å². The van der Waals surface area contributed by atoms with Crippen LogP contribution >= 0.6 is 0 Å². The van der Waals surface area contributed by atoms with E-state index in [9.17, 15) is 43.8 Å². The second-order valence-electron chi connectivity index (χ2n) is 8.83. The van der Waals surface area contributed by atoms with Crippen LogP contribution in [0.2, 0.25) is 0 Å². The summed E-state index contributed by atoms with van der Waals surface area (Å²) in [6.45, 7) is 2.79. The Morgan fingerprint density at radius 3 is 2.20 bits per heavy atom. The van der Waals surface area contributed by atoms with Crippen LogP contribution in [0.1, 0.15) is 25.0 Å². The van der Waals surface area contributed by atoms with Gasteiger partial charge in [-0.2, -0.15) is 26.3 Å². The van der Waals surface area contributed by atoms with Gasteiger partial charge in [0.1, 0.15) is 4.90 Å². The van der Waals surface area contributed by atoms with Gasteiger partial charge in [-0.3, -0.25) is 13.9 Å². The molecular weight excluding hydrogens is 522 g/mol. The average molecular weight is 541 g/mol. The zero-order valence-corrected chi connectivity index (χ0v) is 20.0. The standard InChI is InChI=1S/C21H18F6N2O4S2/c1-19(2)14-10-29(17-15(34(3,31)32)8-12(9-28-17)21(25,26)27)18(30)16(14)35(19,33)13-6-4-5-11(7-13)20(22,23)24/h4-9,14H,10H2,1-3H3/t14-,35?/m1/s1. The van der Waals surface area contributed by atoms with E-state index in [0.29, 0.717) is 24.6 Å². The number of benzene rings is 1. The Hall–Kier alpha value is -2.61. The number of rotatable bonds is 3. The first-order chi connectivity index (χ1) is 15.8. The van der Waals surface area contributed by atoms with Crippen molar-refractivity contribution in [3.8, 4) is 0 Å². The molecule has 35 heavy (non-hydrogen) atoms. The van der Waals surface area contributed by atoms with E-state index in [1.807, 2.05) is 0 Å². The number of fused-ring (bicyclic) bond motifs is 1. The van der Waals surface area contributed by atoms with Crippen molar-refractivity contribution in [1.82, 2.24) is 4.98 Å². The number of carbonyl (C=O) groups is 1. The fraction of sp³-hybridized carbons (Fsp3) is 0.381. The van der Waals surface area contributed by atoms with Crippen molar-refractivity contribution in [3.05, 3.63) is 47.7 Å². The summed E-state index contributed by atoms with van der Waals surface area (Å²) in [7, 11) is -7.79. The van der Waals surface area contributed by atoms with E-state index in [1.165, 1.54) is 19.9 Å². The summed E-state index contributed by atoms with van der Waals surface area (Å²) in [4.78, 5) is 16.5. The molecule has 190 valence electrons. The van der Waals surface area contributed by atoms with Gasteiger partial charge in [-0.05, 0) is 38.1 Å². The van der Waals surface area contributed by atoms with Crippen molar-refractivity contribution in [2.24, 2.45) is 5.92 Å². The summed E-state index contributed by atoms with van der Waals surface area (Å²) in [5, 5.41) is 0. The van der Waals surface area contributed by atoms with Crippen molar-refractivity contribution in [1.29, 1.82) is 0 Å². The Kier molecular flexibility index (Phi) is 5.42. The van der Waals surface area contributed by atoms with Crippen LogP contribution in [0, 0.1) is 5.92 Å². The second-order valence-corrected chi connectivity index (χ2v) is 13.9. The van der Waals surface area contributed by atoms with Gasteiger partial charge in [-0.1, -0.05) is 6.07 Å². The molecule has 1 saturated heterocycles. The Morgan fingerprint density at radius 2 is 1.66 bits per heavy atom. The Morgan fingerprint density at radius 1 is 1.06 bits per heavy atom. The van der Waals surface area contributed by atoms with Gasteiger partial charge in [0, 0.05) is 44.1 Å². The van der Waals surface area contributed by atoms with Crippen molar-refractivity contribution in [2.45, 2.75) is 40.7 Å². The minimum absolute atomic E-state index is 0.206. The molecule has 2 aromatic rings. The number of anilines is 1. The molecule has 1 aromatic carbocycles. The number of amides is 1. The summed E-state index contributed by atoms with van der Waals surface area (Å²) >= 11 is 0. The molecule has 2 aliphatic heterocycles. The first kappa shape index (κ1) is 25.5. The van der Waals surface area contributed by atoms with Gasteiger partial charge < -0.3 is 0 Å². The summed E-state index contributed by atoms with van der Waals surface area (Å²) < 4.78 is 117. The summed E-state index contributed by atoms with van der Waals surface area (Å²) in [5.74, 6) is -2.25. The van der Waals surface area contributed by atoms with Crippen molar-refractivity contribution < 1.29 is 43.8 Å². The van der Waals surface area contributed by atoms with Gasteiger partial charge in [0.15, 0.2) is 15.7 Å². The van der Waals surface area contributed by atoms with Crippen molar-refractivity contribution in [3.63, 3.8) is 0 Å². The highest BCUT2D eigenvalue weighted by atomic mass is 32.2. The predicted octanol–water partition coefficient (Wildman–Crippen LogP) is 3.79. The SMILES string of the molecule is CC1(C)[C@@H]2CN(c3ncc(C(F)(F)F)cc3S(C)(=O)=O)C(=O)C2=S1(=O)c1cccc(C(F)(F)F)c1. The Bertz CT molecular complexity index is 1490. The van der Waals surface area contributed by atoms with E-state index in [4.69, 9.17) is 0 Å². The highest BCUT2D eigenvalue weighted by Crippen LogP contribution is 2.50. The van der Waals surface area contributed by atoms with Gasteiger partial charge in [-0.15, -0.1) is 0 Å². The molecule has 4 rings (SSSR count). The molecule has 1 aromatic heterocycles. The number of halogens is 6. The monoisotopic (exact) mass is 540 g/mol. The van der Waals surface area contributed by atoms with Crippen LogP contribution in [0.15, 0.2) is 46.3 Å². The smallest absolute Gasteiger partial charge is 0.291 e. The minimum Gasteiger partial charge on any atom is -0.291 e. The molecule has 0 N–H and O–H groups in total. The summed E-state index contributed by atoms with van der Waals surface area (Å²) in [6.07, 6.45) is -8.57. The van der Waals surface area contributed by atoms with Gasteiger partial charge in [0.25, 0.3) is 5.91 Å². The first-order valence-corrected chi connectivity index (χ1v) is 13.4. The molecule has 0 bridgehead atoms. The number of sulfone groups is 1. The van der Waals surface area contributed by atoms with Crippen LogP contribution in [0.4, 0.5) is 32.2 Å². The summed E-state index contributed by atoms with van der Waals surface area (Å²) in [6, 6.07) is 4.17. The number of pyridine rings is 1. The Labute approximate surface area is 196 Å². The van der Waals surface area contributed by atoms with Crippen molar-refractivity contribution in [2.75, 3.05) is 17.7 Å². The maximum absolute atomic E-state index is 14.1. The minimum atomic E-state index is -4.90. The zero-order chi connectivity index (χ0) is 26.4. The number of aromatic nitrogens is 1. The highest BCUT2D eigenvalue weighted by molar-refractivity contribution is 8.06. The first-order valence-electron chi connectivity index (χ1n) is 9.98. The molecule has 0 radical (unpaired) electrons. The lowest BCUT2D eigenvalue weighted by molar-refractivity contribution is -0.138. The topological polar surface area (TPSA) is 84.4 Å². The number of carbonyl (C=O) groups excluding carboxylic acids is 1. The van der Waals surface area contributed by atoms with Crippen LogP contribution in [0.5, 0.6) is 0 Å². The fourth-order valence-electron chi connectivity index (χ4n) is 4.45. The van der Waals surface area contributed by atoms with E-state index in [-0.39, 0.29) is 16.3 Å². The van der Waals surface area contributed by atoms with E-state index >= 15 is 0 Å². The third kappa shape index (κ3) is 3.72. The lowest BCUT2D eigenvalue weighted by atomic mass is 9.92. The van der Waals surface area contributed by atoms with Gasteiger partial charge in [0.05, 0.1) is 16.0 Å². The number of hydrogen-bond donors (Lipinski definition) is 0. The molecule has 1 fully saturated rings. The maximum Gasteiger partial charge on any atom is 0.417 e. The molecule has 0 spiro atoms. The molecule has 14 heteroatoms. The second kappa shape index (κ2) is 7.45.